The number of carbonyl (C=O) groups is 1. The van der Waals surface area contributed by atoms with Crippen LogP contribution in [0.25, 0.3) is 0 Å². The summed E-state index contributed by atoms with van der Waals surface area (Å²) in [5, 5.41) is 3.51. The number of aliphatic imine (C=N–C) groups is 1. The van der Waals surface area contributed by atoms with Gasteiger partial charge in [0.1, 0.15) is 0 Å². The highest BCUT2D eigenvalue weighted by Gasteiger charge is 2.29. The zero-order valence-electron chi connectivity index (χ0n) is 20.7. The molecule has 2 aliphatic heterocycles. The molecule has 2 heterocycles. The molecule has 1 amide bonds. The van der Waals surface area contributed by atoms with E-state index in [2.05, 4.69) is 45.7 Å². The van der Waals surface area contributed by atoms with E-state index in [1.807, 2.05) is 0 Å². The molecule has 7 nitrogen and oxygen atoms in total. The molecule has 0 bridgehead atoms. The molecule has 1 saturated carbocycles. The number of rotatable bonds is 9. The fourth-order valence-corrected chi connectivity index (χ4v) is 5.37. The lowest BCUT2D eigenvalue weighted by Gasteiger charge is -2.35. The van der Waals surface area contributed by atoms with Crippen LogP contribution < -0.4 is 5.32 Å². The first kappa shape index (κ1) is 27.6. The molecule has 8 heteroatoms. The van der Waals surface area contributed by atoms with E-state index in [9.17, 15) is 4.79 Å². The number of guanidine groups is 1. The first-order valence-corrected chi connectivity index (χ1v) is 12.9. The first-order valence-electron chi connectivity index (χ1n) is 12.9. The summed E-state index contributed by atoms with van der Waals surface area (Å²) in [6, 6.07) is 0. The highest BCUT2D eigenvalue weighted by atomic mass is 127. The Hall–Kier alpha value is -0.610. The van der Waals surface area contributed by atoms with Crippen molar-refractivity contribution < 1.29 is 4.79 Å². The second-order valence-electron chi connectivity index (χ2n) is 9.47. The number of hydrogen-bond acceptors (Lipinski definition) is 4. The van der Waals surface area contributed by atoms with E-state index in [1.165, 1.54) is 25.8 Å². The summed E-state index contributed by atoms with van der Waals surface area (Å²) < 4.78 is 0. The molecule has 0 aromatic carbocycles. The van der Waals surface area contributed by atoms with E-state index in [-0.39, 0.29) is 24.0 Å². The molecular formula is C24H47IN6O. The first-order chi connectivity index (χ1) is 15.1. The number of nitrogens with zero attached hydrogens (tertiary/aromatic N) is 5. The van der Waals surface area contributed by atoms with Crippen LogP contribution in [0.5, 0.6) is 0 Å². The Kier molecular flexibility index (Phi) is 12.6. The minimum absolute atomic E-state index is 0. The fraction of sp³-hybridized carbons (Fsp3) is 0.917. The summed E-state index contributed by atoms with van der Waals surface area (Å²) in [5.41, 5.74) is 0. The van der Waals surface area contributed by atoms with Crippen LogP contribution >= 0.6 is 24.0 Å². The maximum absolute atomic E-state index is 12.6. The number of carbonyl (C=O) groups excluding carboxylic acids is 1. The standard InChI is InChI=1S/C24H46N6O.HI/c1-4-25-24(30-13-11-21(20-30)19-27(5-2)6-3)26-12-14-28-15-17-29(18-16-28)23(31)22-9-7-8-10-22;/h21-22H,4-20H2,1-3H3,(H,25,26);1H. The van der Waals surface area contributed by atoms with Gasteiger partial charge in [0.25, 0.3) is 0 Å². The maximum Gasteiger partial charge on any atom is 0.225 e. The number of likely N-dealkylation sites (tertiary alicyclic amines) is 1. The van der Waals surface area contributed by atoms with Gasteiger partial charge < -0.3 is 20.0 Å². The van der Waals surface area contributed by atoms with E-state index in [1.54, 1.807) is 0 Å². The van der Waals surface area contributed by atoms with Crippen molar-refractivity contribution in [3.8, 4) is 0 Å². The van der Waals surface area contributed by atoms with E-state index in [0.29, 0.717) is 11.8 Å². The SMILES string of the molecule is CCNC(=NCCN1CCN(C(=O)C2CCCC2)CC1)N1CCC(CN(CC)CC)C1.I. The predicted octanol–water partition coefficient (Wildman–Crippen LogP) is 2.57. The van der Waals surface area contributed by atoms with Crippen molar-refractivity contribution in [2.75, 3.05) is 78.5 Å². The molecule has 1 atom stereocenters. The molecule has 32 heavy (non-hydrogen) atoms. The van der Waals surface area contributed by atoms with Crippen molar-refractivity contribution in [2.24, 2.45) is 16.8 Å². The van der Waals surface area contributed by atoms with Crippen molar-refractivity contribution >= 4 is 35.8 Å². The van der Waals surface area contributed by atoms with Gasteiger partial charge in [-0.15, -0.1) is 24.0 Å². The minimum Gasteiger partial charge on any atom is -0.357 e. The van der Waals surface area contributed by atoms with Crippen LogP contribution in [0.3, 0.4) is 0 Å². The average Bonchev–Trinajstić information content (AvgIpc) is 3.49. The highest BCUT2D eigenvalue weighted by molar-refractivity contribution is 14.0. The molecule has 1 N–H and O–H groups in total. The zero-order chi connectivity index (χ0) is 22.1. The second-order valence-corrected chi connectivity index (χ2v) is 9.47. The largest absolute Gasteiger partial charge is 0.357 e. The lowest BCUT2D eigenvalue weighted by molar-refractivity contribution is -0.137. The number of hydrogen-bond donors (Lipinski definition) is 1. The topological polar surface area (TPSA) is 54.4 Å². The van der Waals surface area contributed by atoms with Gasteiger partial charge in [0.2, 0.25) is 5.91 Å². The van der Waals surface area contributed by atoms with Crippen molar-refractivity contribution in [1.82, 2.24) is 24.9 Å². The quantitative estimate of drug-likeness (QED) is 0.266. The van der Waals surface area contributed by atoms with Gasteiger partial charge in [0.15, 0.2) is 5.96 Å². The molecule has 0 aromatic rings. The van der Waals surface area contributed by atoms with Crippen LogP contribution in [-0.2, 0) is 4.79 Å². The fourth-order valence-electron chi connectivity index (χ4n) is 5.37. The number of amides is 1. The Balaban J connectivity index is 0.00000363. The maximum atomic E-state index is 12.6. The van der Waals surface area contributed by atoms with E-state index in [4.69, 9.17) is 4.99 Å². The van der Waals surface area contributed by atoms with Gasteiger partial charge in [-0.3, -0.25) is 14.7 Å². The summed E-state index contributed by atoms with van der Waals surface area (Å²) in [7, 11) is 0. The van der Waals surface area contributed by atoms with Gasteiger partial charge in [-0.2, -0.15) is 0 Å². The summed E-state index contributed by atoms with van der Waals surface area (Å²) in [5.74, 6) is 2.55. The second kappa shape index (κ2) is 14.6. The van der Waals surface area contributed by atoms with Crippen LogP contribution in [0.15, 0.2) is 4.99 Å². The summed E-state index contributed by atoms with van der Waals surface area (Å²) in [4.78, 5) is 27.2. The van der Waals surface area contributed by atoms with Crippen molar-refractivity contribution in [2.45, 2.75) is 52.9 Å². The Morgan fingerprint density at radius 3 is 2.28 bits per heavy atom. The molecule has 1 unspecified atom stereocenters. The van der Waals surface area contributed by atoms with Crippen LogP contribution in [0.2, 0.25) is 0 Å². The monoisotopic (exact) mass is 562 g/mol. The molecule has 0 spiro atoms. The van der Waals surface area contributed by atoms with Gasteiger partial charge in [0.05, 0.1) is 6.54 Å². The molecule has 0 radical (unpaired) electrons. The molecule has 1 aliphatic carbocycles. The molecule has 3 rings (SSSR count). The third-order valence-electron chi connectivity index (χ3n) is 7.40. The smallest absolute Gasteiger partial charge is 0.225 e. The van der Waals surface area contributed by atoms with Gasteiger partial charge in [-0.05, 0) is 45.2 Å². The zero-order valence-corrected chi connectivity index (χ0v) is 23.1. The van der Waals surface area contributed by atoms with Crippen LogP contribution in [-0.4, -0.2) is 110 Å². The molecule has 3 fully saturated rings. The van der Waals surface area contributed by atoms with Crippen molar-refractivity contribution in [1.29, 1.82) is 0 Å². The number of halogens is 1. The number of piperazine rings is 1. The van der Waals surface area contributed by atoms with Crippen LogP contribution in [0, 0.1) is 11.8 Å². The molecule has 186 valence electrons. The number of nitrogens with one attached hydrogen (secondary N) is 1. The summed E-state index contributed by atoms with van der Waals surface area (Å²) in [6.07, 6.45) is 5.93. The summed E-state index contributed by atoms with van der Waals surface area (Å²) >= 11 is 0. The van der Waals surface area contributed by atoms with Gasteiger partial charge in [-0.1, -0.05) is 26.7 Å². The Morgan fingerprint density at radius 2 is 1.66 bits per heavy atom. The van der Waals surface area contributed by atoms with Crippen LogP contribution in [0.4, 0.5) is 0 Å². The van der Waals surface area contributed by atoms with Gasteiger partial charge in [-0.25, -0.2) is 0 Å². The average molecular weight is 563 g/mol. The van der Waals surface area contributed by atoms with Crippen molar-refractivity contribution in [3.63, 3.8) is 0 Å². The molecular weight excluding hydrogens is 515 g/mol. The minimum atomic E-state index is 0. The lowest BCUT2D eigenvalue weighted by atomic mass is 10.1. The lowest BCUT2D eigenvalue weighted by Crippen LogP contribution is -2.50. The molecule has 0 aromatic heterocycles. The third kappa shape index (κ3) is 8.01. The Morgan fingerprint density at radius 1 is 0.969 bits per heavy atom. The molecule has 3 aliphatic rings. The predicted molar refractivity (Wildman–Crippen MR) is 144 cm³/mol. The van der Waals surface area contributed by atoms with E-state index < -0.39 is 0 Å². The highest BCUT2D eigenvalue weighted by Crippen LogP contribution is 2.27. The van der Waals surface area contributed by atoms with Crippen molar-refractivity contribution in [3.05, 3.63) is 0 Å². The third-order valence-corrected chi connectivity index (χ3v) is 7.40. The summed E-state index contributed by atoms with van der Waals surface area (Å²) in [6.45, 7) is 18.8. The van der Waals surface area contributed by atoms with Crippen LogP contribution in [0.1, 0.15) is 52.9 Å². The Labute approximate surface area is 213 Å². The molecule has 2 saturated heterocycles. The Bertz CT molecular complexity index is 571. The van der Waals surface area contributed by atoms with Gasteiger partial charge >= 0.3 is 0 Å². The van der Waals surface area contributed by atoms with E-state index in [0.717, 1.165) is 96.7 Å². The normalized spacial score (nSPS) is 23.1. The van der Waals surface area contributed by atoms with Gasteiger partial charge in [0, 0.05) is 64.8 Å². The van der Waals surface area contributed by atoms with E-state index >= 15 is 0 Å².